The maximum atomic E-state index is 13.8. The molecule has 5 aromatic carbocycles. The van der Waals surface area contributed by atoms with Crippen LogP contribution in [0.5, 0.6) is 74.7 Å². The van der Waals surface area contributed by atoms with Crippen LogP contribution in [0.1, 0.15) is 56.3 Å². The number of aliphatic hydroxyl groups excluding tert-OH is 1. The van der Waals surface area contributed by atoms with Gasteiger partial charge >= 0.3 is 5.97 Å². The first kappa shape index (κ1) is 34.4. The van der Waals surface area contributed by atoms with Crippen LogP contribution in [0.25, 0.3) is 0 Å². The summed E-state index contributed by atoms with van der Waals surface area (Å²) in [5.74, 6) is -10.4. The fourth-order valence-electron chi connectivity index (χ4n) is 6.73. The lowest BCUT2D eigenvalue weighted by Gasteiger charge is -2.41. The van der Waals surface area contributed by atoms with Gasteiger partial charge in [0, 0.05) is 46.9 Å². The minimum absolute atomic E-state index is 0.0341. The van der Waals surface area contributed by atoms with E-state index in [2.05, 4.69) is 0 Å². The molecule has 0 amide bonds. The van der Waals surface area contributed by atoms with Crippen molar-refractivity contribution in [1.29, 1.82) is 0 Å². The summed E-state index contributed by atoms with van der Waals surface area (Å²) in [5.41, 5.74) is -0.728. The van der Waals surface area contributed by atoms with E-state index in [1.54, 1.807) is 0 Å². The summed E-state index contributed by atoms with van der Waals surface area (Å²) in [7, 11) is 0. The summed E-state index contributed by atoms with van der Waals surface area (Å²) in [4.78, 5) is 13.8. The molecule has 0 aromatic heterocycles. The lowest BCUT2D eigenvalue weighted by atomic mass is 9.77. The smallest absolute Gasteiger partial charge is 0.338 e. The number of ether oxygens (including phenoxy) is 3. The summed E-state index contributed by atoms with van der Waals surface area (Å²) in [6.07, 6.45) is -6.19. The van der Waals surface area contributed by atoms with Gasteiger partial charge in [-0.1, -0.05) is 12.1 Å². The third-order valence-corrected chi connectivity index (χ3v) is 9.20. The van der Waals surface area contributed by atoms with Crippen LogP contribution in [0.15, 0.2) is 66.7 Å². The van der Waals surface area contributed by atoms with Gasteiger partial charge in [-0.15, -0.1) is 0 Å². The van der Waals surface area contributed by atoms with Gasteiger partial charge < -0.3 is 75.5 Å². The summed E-state index contributed by atoms with van der Waals surface area (Å²) in [6, 6.07) is 11.7. The van der Waals surface area contributed by atoms with Crippen LogP contribution in [0.2, 0.25) is 0 Å². The first-order valence-corrected chi connectivity index (χ1v) is 15.8. The van der Waals surface area contributed by atoms with Crippen LogP contribution >= 0.6 is 0 Å². The molecular formula is C37H30O16. The summed E-state index contributed by atoms with van der Waals surface area (Å²) >= 11 is 0. The molecule has 2 heterocycles. The topological polar surface area (TPSA) is 288 Å². The predicted octanol–water partition coefficient (Wildman–Crippen LogP) is 3.98. The van der Waals surface area contributed by atoms with Crippen molar-refractivity contribution in [2.45, 2.75) is 36.8 Å². The predicted molar refractivity (Wildman–Crippen MR) is 178 cm³/mol. The van der Waals surface area contributed by atoms with Crippen molar-refractivity contribution in [3.63, 3.8) is 0 Å². The van der Waals surface area contributed by atoms with Crippen LogP contribution in [0.3, 0.4) is 0 Å². The molecular weight excluding hydrogens is 700 g/mol. The summed E-state index contributed by atoms with van der Waals surface area (Å²) in [5, 5.41) is 126. The SMILES string of the molecule is O=C(O[C@@H]1[C@H](c2c(O)cc(O)c3c2O[C@H](c2ccc(O)c(O)c2)[C@H](O)C3)c2c(O)cc(O)cc2O[C@@H]1c1ccc(O)c(O)c1)c1cc(O)c(O)c(O)c1. The van der Waals surface area contributed by atoms with Crippen molar-refractivity contribution >= 4 is 5.97 Å². The Kier molecular flexibility index (Phi) is 8.18. The van der Waals surface area contributed by atoms with E-state index in [9.17, 15) is 66.1 Å². The zero-order chi connectivity index (χ0) is 38.0. The summed E-state index contributed by atoms with van der Waals surface area (Å²) < 4.78 is 18.4. The molecule has 53 heavy (non-hydrogen) atoms. The third kappa shape index (κ3) is 5.85. The number of hydrogen-bond acceptors (Lipinski definition) is 16. The molecule has 5 atom stereocenters. The number of phenolic OH excluding ortho intramolecular Hbond substituents is 11. The Labute approximate surface area is 297 Å². The van der Waals surface area contributed by atoms with Gasteiger partial charge in [0.05, 0.1) is 17.6 Å². The number of fused-ring (bicyclic) bond motifs is 2. The fourth-order valence-corrected chi connectivity index (χ4v) is 6.73. The molecule has 16 heteroatoms. The minimum atomic E-state index is -1.72. The van der Waals surface area contributed by atoms with Gasteiger partial charge in [0.15, 0.2) is 52.5 Å². The number of esters is 1. The first-order valence-electron chi connectivity index (χ1n) is 15.8. The van der Waals surface area contributed by atoms with Crippen LogP contribution in [-0.2, 0) is 11.2 Å². The maximum Gasteiger partial charge on any atom is 0.338 e. The van der Waals surface area contributed by atoms with E-state index in [4.69, 9.17) is 14.2 Å². The average molecular weight is 731 g/mol. The molecule has 0 saturated heterocycles. The highest BCUT2D eigenvalue weighted by Crippen LogP contribution is 2.58. The molecule has 0 aliphatic carbocycles. The second kappa shape index (κ2) is 12.6. The van der Waals surface area contributed by atoms with Crippen molar-refractivity contribution in [3.8, 4) is 74.7 Å². The van der Waals surface area contributed by atoms with Crippen LogP contribution in [0, 0.1) is 0 Å². The van der Waals surface area contributed by atoms with Crippen molar-refractivity contribution < 1.29 is 80.3 Å². The van der Waals surface area contributed by atoms with Gasteiger partial charge in [-0.3, -0.25) is 0 Å². The number of aromatic hydroxyl groups is 11. The Morgan fingerprint density at radius 2 is 1.17 bits per heavy atom. The van der Waals surface area contributed by atoms with Crippen molar-refractivity contribution in [1.82, 2.24) is 0 Å². The Morgan fingerprint density at radius 3 is 1.77 bits per heavy atom. The van der Waals surface area contributed by atoms with Crippen molar-refractivity contribution in [2.75, 3.05) is 0 Å². The van der Waals surface area contributed by atoms with Gasteiger partial charge in [-0.05, 0) is 42.0 Å². The molecule has 2 aliphatic rings. The number of rotatable bonds is 5. The van der Waals surface area contributed by atoms with Gasteiger partial charge in [0.2, 0.25) is 0 Å². The van der Waals surface area contributed by atoms with Gasteiger partial charge in [0.25, 0.3) is 0 Å². The molecule has 0 saturated carbocycles. The number of carbonyl (C=O) groups excluding carboxylic acids is 1. The van der Waals surface area contributed by atoms with E-state index < -0.39 is 105 Å². The molecule has 0 radical (unpaired) electrons. The zero-order valence-corrected chi connectivity index (χ0v) is 26.9. The number of aliphatic hydroxyl groups is 1. The van der Waals surface area contributed by atoms with Gasteiger partial charge in [-0.25, -0.2) is 4.79 Å². The average Bonchev–Trinajstić information content (AvgIpc) is 3.09. The minimum Gasteiger partial charge on any atom is -0.508 e. The van der Waals surface area contributed by atoms with Gasteiger partial charge in [0.1, 0.15) is 40.6 Å². The highest BCUT2D eigenvalue weighted by atomic mass is 16.6. The Bertz CT molecular complexity index is 2280. The second-order valence-corrected chi connectivity index (χ2v) is 12.6. The highest BCUT2D eigenvalue weighted by Gasteiger charge is 2.49. The number of benzene rings is 5. The molecule has 12 N–H and O–H groups in total. The standard InChI is InChI=1S/C37H30O16/c38-16-9-23(44)29-28(10-16)51-34(14-2-4-19(40)22(43)6-14)36(53-37(50)15-7-25(46)32(49)26(47)8-15)31(29)30-24(45)12-20(41)17-11-27(48)33(52-35(17)30)13-1-3-18(39)21(42)5-13/h1-10,12,27,31,33-34,36,38-49H,11H2/t27-,31+,33-,34-,36-/m1/s1. The second-order valence-electron chi connectivity index (χ2n) is 12.6. The largest absolute Gasteiger partial charge is 0.508 e. The quantitative estimate of drug-likeness (QED) is 0.0899. The van der Waals surface area contributed by atoms with E-state index in [0.717, 1.165) is 54.6 Å². The molecule has 7 rings (SSSR count). The molecule has 0 spiro atoms. The molecule has 0 bridgehead atoms. The van der Waals surface area contributed by atoms with E-state index in [1.807, 2.05) is 0 Å². The lowest BCUT2D eigenvalue weighted by molar-refractivity contribution is -0.0285. The van der Waals surface area contributed by atoms with Crippen molar-refractivity contribution in [3.05, 3.63) is 100 Å². The number of carbonyl (C=O) groups is 1. The van der Waals surface area contributed by atoms with Crippen LogP contribution in [0.4, 0.5) is 0 Å². The first-order chi connectivity index (χ1) is 25.1. The van der Waals surface area contributed by atoms with E-state index in [0.29, 0.717) is 0 Å². The summed E-state index contributed by atoms with van der Waals surface area (Å²) in [6.45, 7) is 0. The molecule has 16 nitrogen and oxygen atoms in total. The van der Waals surface area contributed by atoms with E-state index >= 15 is 0 Å². The van der Waals surface area contributed by atoms with Crippen molar-refractivity contribution in [2.24, 2.45) is 0 Å². The van der Waals surface area contributed by atoms with E-state index in [-0.39, 0.29) is 45.7 Å². The zero-order valence-electron chi connectivity index (χ0n) is 26.9. The highest BCUT2D eigenvalue weighted by molar-refractivity contribution is 5.91. The number of phenols is 11. The van der Waals surface area contributed by atoms with Crippen LogP contribution < -0.4 is 9.47 Å². The molecule has 2 aliphatic heterocycles. The Hall–Kier alpha value is -7.07. The fraction of sp³-hybridized carbons (Fsp3) is 0.162. The molecule has 5 aromatic rings. The van der Waals surface area contributed by atoms with Gasteiger partial charge in [-0.2, -0.15) is 0 Å². The number of hydrogen-bond donors (Lipinski definition) is 12. The maximum absolute atomic E-state index is 13.8. The Balaban J connectivity index is 1.48. The lowest BCUT2D eigenvalue weighted by Crippen LogP contribution is -2.39. The van der Waals surface area contributed by atoms with Crippen LogP contribution in [-0.4, -0.2) is 79.5 Å². The molecule has 0 fully saturated rings. The molecule has 274 valence electrons. The Morgan fingerprint density at radius 1 is 0.585 bits per heavy atom. The van der Waals surface area contributed by atoms with E-state index in [1.165, 1.54) is 12.1 Å². The normalized spacial score (nSPS) is 20.4. The molecule has 0 unspecified atom stereocenters. The monoisotopic (exact) mass is 730 g/mol. The third-order valence-electron chi connectivity index (χ3n) is 9.20.